The summed E-state index contributed by atoms with van der Waals surface area (Å²) in [6.45, 7) is 3.51. The van der Waals surface area contributed by atoms with Crippen LogP contribution >= 0.6 is 0 Å². The van der Waals surface area contributed by atoms with E-state index in [4.69, 9.17) is 9.57 Å². The van der Waals surface area contributed by atoms with Gasteiger partial charge in [-0.15, -0.1) is 0 Å². The fourth-order valence-corrected chi connectivity index (χ4v) is 4.70. The number of hydrogen-bond acceptors (Lipinski definition) is 6. The van der Waals surface area contributed by atoms with E-state index in [1.54, 1.807) is 18.3 Å². The number of ether oxygens (including phenoxy) is 1. The van der Waals surface area contributed by atoms with Gasteiger partial charge in [-0.05, 0) is 61.2 Å². The summed E-state index contributed by atoms with van der Waals surface area (Å²) in [6, 6.07) is 7.24. The van der Waals surface area contributed by atoms with Gasteiger partial charge in [-0.3, -0.25) is 4.79 Å². The second kappa shape index (κ2) is 8.85. The highest BCUT2D eigenvalue weighted by molar-refractivity contribution is 6.06. The number of carbonyl (C=O) groups excluding carboxylic acids is 1. The molecule has 1 unspecified atom stereocenters. The number of aryl methyl sites for hydroxylation is 1. The summed E-state index contributed by atoms with van der Waals surface area (Å²) in [4.78, 5) is 24.3. The predicted molar refractivity (Wildman–Crippen MR) is 126 cm³/mol. The Balaban J connectivity index is 1.52. The Labute approximate surface area is 205 Å². The first kappa shape index (κ1) is 23.7. The van der Waals surface area contributed by atoms with Gasteiger partial charge in [0.2, 0.25) is 5.78 Å². The van der Waals surface area contributed by atoms with Crippen molar-refractivity contribution >= 4 is 17.7 Å². The number of imidazole rings is 1. The molecule has 0 N–H and O–H groups in total. The molecule has 5 rings (SSSR count). The third kappa shape index (κ3) is 3.73. The van der Waals surface area contributed by atoms with E-state index >= 15 is 0 Å². The Bertz CT molecular complexity index is 1410. The van der Waals surface area contributed by atoms with Crippen LogP contribution in [0.3, 0.4) is 0 Å². The zero-order valence-corrected chi connectivity index (χ0v) is 19.9. The van der Waals surface area contributed by atoms with Crippen molar-refractivity contribution in [2.24, 2.45) is 5.16 Å². The van der Waals surface area contributed by atoms with E-state index < -0.39 is 29.0 Å². The molecular weight excluding hydrogens is 473 g/mol. The Morgan fingerprint density at radius 1 is 1.19 bits per heavy atom. The fourth-order valence-electron chi connectivity index (χ4n) is 4.70. The zero-order chi connectivity index (χ0) is 25.6. The molecule has 2 aromatic carbocycles. The van der Waals surface area contributed by atoms with Crippen molar-refractivity contribution in [3.05, 3.63) is 82.7 Å². The number of ketones is 1. The Morgan fingerprint density at radius 2 is 1.94 bits per heavy atom. The molecule has 1 fully saturated rings. The number of piperidine rings is 1. The number of rotatable bonds is 5. The number of Topliss-reactive ketones (excluding diaryl/α,β-unsaturated/α-hetero) is 1. The summed E-state index contributed by atoms with van der Waals surface area (Å²) < 4.78 is 49.2. The van der Waals surface area contributed by atoms with Gasteiger partial charge in [0.15, 0.2) is 23.3 Å². The summed E-state index contributed by atoms with van der Waals surface area (Å²) in [5.41, 5.74) is 1.26. The molecule has 7 nitrogen and oxygen atoms in total. The monoisotopic (exact) mass is 496 g/mol. The van der Waals surface area contributed by atoms with E-state index in [0.29, 0.717) is 31.0 Å². The number of benzene rings is 2. The van der Waals surface area contributed by atoms with Gasteiger partial charge in [-0.1, -0.05) is 11.2 Å². The van der Waals surface area contributed by atoms with E-state index in [0.717, 1.165) is 34.7 Å². The van der Waals surface area contributed by atoms with Gasteiger partial charge in [0, 0.05) is 25.2 Å². The van der Waals surface area contributed by atoms with Crippen molar-refractivity contribution in [1.29, 1.82) is 0 Å². The number of fused-ring (bicyclic) bond motifs is 1. The number of nitrogens with zero attached hydrogens (tertiary/aromatic N) is 4. The molecule has 0 bridgehead atoms. The second-order valence-corrected chi connectivity index (χ2v) is 8.74. The standard InChI is InChI=1S/C26H23F3N4O3/c1-15-13-32(14-30-15)22-7-6-17(10-23(22)35-3)9-18-5-4-8-33-25(18)31-36-26(33,16(2)34)19-11-20(27)24(29)21(28)12-19/h6-7,9-14H,4-5,8H2,1-3H3/b18-9+. The van der Waals surface area contributed by atoms with Gasteiger partial charge in [-0.25, -0.2) is 18.2 Å². The van der Waals surface area contributed by atoms with E-state index in [1.807, 2.05) is 42.0 Å². The van der Waals surface area contributed by atoms with Gasteiger partial charge >= 0.3 is 0 Å². The molecule has 0 saturated carbocycles. The molecule has 2 aliphatic heterocycles. The largest absolute Gasteiger partial charge is 0.495 e. The van der Waals surface area contributed by atoms with Crippen molar-refractivity contribution in [2.45, 2.75) is 32.4 Å². The van der Waals surface area contributed by atoms with Gasteiger partial charge in [0.25, 0.3) is 5.72 Å². The molecule has 0 spiro atoms. The molecule has 3 aromatic rings. The predicted octanol–water partition coefficient (Wildman–Crippen LogP) is 4.87. The summed E-state index contributed by atoms with van der Waals surface area (Å²) in [5, 5.41) is 4.15. The van der Waals surface area contributed by atoms with Crippen molar-refractivity contribution in [3.8, 4) is 11.4 Å². The average Bonchev–Trinajstić information content (AvgIpc) is 3.47. The quantitative estimate of drug-likeness (QED) is 0.472. The zero-order valence-electron chi connectivity index (χ0n) is 19.9. The molecule has 1 aromatic heterocycles. The SMILES string of the molecule is COc1cc(/C=C2\CCCN3C2=NOC3(C(C)=O)c2cc(F)c(F)c(F)c2)ccc1-n1cnc(C)c1. The lowest BCUT2D eigenvalue weighted by atomic mass is 9.92. The summed E-state index contributed by atoms with van der Waals surface area (Å²) in [5.74, 6) is -3.94. The molecule has 10 heteroatoms. The Hall–Kier alpha value is -4.08. The summed E-state index contributed by atoms with van der Waals surface area (Å²) in [7, 11) is 1.58. The maximum Gasteiger partial charge on any atom is 0.295 e. The molecule has 2 aliphatic rings. The van der Waals surface area contributed by atoms with Crippen LogP contribution in [-0.4, -0.2) is 39.7 Å². The molecule has 0 amide bonds. The Kier molecular flexibility index (Phi) is 5.82. The first-order valence-corrected chi connectivity index (χ1v) is 11.3. The molecule has 0 aliphatic carbocycles. The van der Waals surface area contributed by atoms with Crippen LogP contribution in [0.4, 0.5) is 13.2 Å². The molecule has 3 heterocycles. The van der Waals surface area contributed by atoms with Crippen LogP contribution in [0.1, 0.15) is 36.6 Å². The highest BCUT2D eigenvalue weighted by Gasteiger charge is 2.54. The van der Waals surface area contributed by atoms with E-state index in [9.17, 15) is 18.0 Å². The average molecular weight is 496 g/mol. The van der Waals surface area contributed by atoms with E-state index in [-0.39, 0.29) is 5.56 Å². The number of amidine groups is 1. The minimum Gasteiger partial charge on any atom is -0.495 e. The molecular formula is C26H23F3N4O3. The van der Waals surface area contributed by atoms with E-state index in [2.05, 4.69) is 10.1 Å². The third-order valence-electron chi connectivity index (χ3n) is 6.40. The van der Waals surface area contributed by atoms with E-state index in [1.165, 1.54) is 6.92 Å². The fraction of sp³-hybridized carbons (Fsp3) is 0.269. The van der Waals surface area contributed by atoms with Crippen LogP contribution in [0, 0.1) is 24.4 Å². The second-order valence-electron chi connectivity index (χ2n) is 8.74. The molecule has 0 radical (unpaired) electrons. The van der Waals surface area contributed by atoms with Crippen LogP contribution in [0.2, 0.25) is 0 Å². The summed E-state index contributed by atoms with van der Waals surface area (Å²) in [6.07, 6.45) is 6.78. The maximum absolute atomic E-state index is 14.1. The van der Waals surface area contributed by atoms with Crippen molar-refractivity contribution in [2.75, 3.05) is 13.7 Å². The summed E-state index contributed by atoms with van der Waals surface area (Å²) >= 11 is 0. The third-order valence-corrected chi connectivity index (χ3v) is 6.40. The Morgan fingerprint density at radius 3 is 2.58 bits per heavy atom. The van der Waals surface area contributed by atoms with Crippen LogP contribution < -0.4 is 4.74 Å². The minimum atomic E-state index is -1.88. The minimum absolute atomic E-state index is 0.159. The lowest BCUT2D eigenvalue weighted by molar-refractivity contribution is -0.159. The number of aromatic nitrogens is 2. The maximum atomic E-state index is 14.1. The van der Waals surface area contributed by atoms with Crippen LogP contribution in [0.25, 0.3) is 11.8 Å². The molecule has 1 atom stereocenters. The van der Waals surface area contributed by atoms with Crippen molar-refractivity contribution < 1.29 is 27.5 Å². The molecule has 1 saturated heterocycles. The highest BCUT2D eigenvalue weighted by atomic mass is 19.2. The van der Waals surface area contributed by atoms with Crippen LogP contribution in [0.15, 0.2) is 53.6 Å². The first-order valence-electron chi connectivity index (χ1n) is 11.3. The lowest BCUT2D eigenvalue weighted by Gasteiger charge is -2.38. The van der Waals surface area contributed by atoms with Crippen LogP contribution in [0.5, 0.6) is 5.75 Å². The topological polar surface area (TPSA) is 69.0 Å². The van der Waals surface area contributed by atoms with Gasteiger partial charge in [0.1, 0.15) is 5.75 Å². The normalized spacial score (nSPS) is 20.2. The van der Waals surface area contributed by atoms with Crippen molar-refractivity contribution in [1.82, 2.24) is 14.5 Å². The van der Waals surface area contributed by atoms with Gasteiger partial charge < -0.3 is 19.0 Å². The number of oxime groups is 1. The number of halogens is 3. The molecule has 36 heavy (non-hydrogen) atoms. The number of hydrogen-bond donors (Lipinski definition) is 0. The number of carbonyl (C=O) groups is 1. The van der Waals surface area contributed by atoms with Gasteiger partial charge in [0.05, 0.1) is 24.8 Å². The highest BCUT2D eigenvalue weighted by Crippen LogP contribution is 2.42. The first-order chi connectivity index (χ1) is 17.2. The van der Waals surface area contributed by atoms with Crippen molar-refractivity contribution in [3.63, 3.8) is 0 Å². The lowest BCUT2D eigenvalue weighted by Crippen LogP contribution is -2.53. The van der Waals surface area contributed by atoms with Crippen LogP contribution in [-0.2, 0) is 15.4 Å². The smallest absolute Gasteiger partial charge is 0.295 e. The van der Waals surface area contributed by atoms with Gasteiger partial charge in [-0.2, -0.15) is 0 Å². The molecule has 186 valence electrons. The number of methoxy groups -OCH3 is 1.